The number of nitrogens with zero attached hydrogens (tertiary/aromatic N) is 6. The van der Waals surface area contributed by atoms with Gasteiger partial charge in [-0.3, -0.25) is 9.48 Å². The summed E-state index contributed by atoms with van der Waals surface area (Å²) in [6.07, 6.45) is 6.75. The van der Waals surface area contributed by atoms with Gasteiger partial charge in [-0.15, -0.1) is 5.10 Å². The number of rotatable bonds is 4. The van der Waals surface area contributed by atoms with Crippen molar-refractivity contribution in [1.29, 1.82) is 0 Å². The van der Waals surface area contributed by atoms with E-state index in [0.29, 0.717) is 18.2 Å². The van der Waals surface area contributed by atoms with E-state index in [0.717, 1.165) is 42.0 Å². The fourth-order valence-electron chi connectivity index (χ4n) is 4.04. The summed E-state index contributed by atoms with van der Waals surface area (Å²) < 4.78 is 3.81. The van der Waals surface area contributed by atoms with Crippen molar-refractivity contribution in [2.24, 2.45) is 5.92 Å². The molecule has 3 aromatic heterocycles. The highest BCUT2D eigenvalue weighted by atomic mass is 16.2. The van der Waals surface area contributed by atoms with E-state index in [1.165, 1.54) is 5.56 Å². The first-order valence-electron chi connectivity index (χ1n) is 10.3. The van der Waals surface area contributed by atoms with E-state index in [4.69, 9.17) is 0 Å². The minimum atomic E-state index is -0.00205. The van der Waals surface area contributed by atoms with Crippen LogP contribution in [0.5, 0.6) is 0 Å². The lowest BCUT2D eigenvalue weighted by atomic mass is 10.1. The van der Waals surface area contributed by atoms with E-state index in [9.17, 15) is 4.79 Å². The molecule has 4 heterocycles. The predicted octanol–water partition coefficient (Wildman–Crippen LogP) is 3.37. The number of likely N-dealkylation sites (tertiary alicyclic amines) is 1. The second-order valence-electron chi connectivity index (χ2n) is 8.20. The highest BCUT2D eigenvalue weighted by molar-refractivity contribution is 5.93. The van der Waals surface area contributed by atoms with Crippen LogP contribution in [0.1, 0.15) is 28.0 Å². The molecule has 1 amide bonds. The van der Waals surface area contributed by atoms with Gasteiger partial charge in [-0.2, -0.15) is 0 Å². The van der Waals surface area contributed by atoms with Crippen molar-refractivity contribution in [3.63, 3.8) is 0 Å². The number of hydrogen-bond donors (Lipinski definition) is 0. The molecule has 0 N–H and O–H groups in total. The van der Waals surface area contributed by atoms with Crippen LogP contribution < -0.4 is 0 Å². The molecule has 1 aliphatic heterocycles. The Balaban J connectivity index is 1.24. The van der Waals surface area contributed by atoms with Gasteiger partial charge in [0, 0.05) is 37.6 Å². The maximum absolute atomic E-state index is 12.9. The fourth-order valence-corrected chi connectivity index (χ4v) is 4.04. The van der Waals surface area contributed by atoms with Crippen molar-refractivity contribution < 1.29 is 4.79 Å². The summed E-state index contributed by atoms with van der Waals surface area (Å²) in [6.45, 7) is 6.32. The summed E-state index contributed by atoms with van der Waals surface area (Å²) in [6, 6.07) is 12.2. The fraction of sp³-hybridized carbons (Fsp3) is 0.304. The summed E-state index contributed by atoms with van der Waals surface area (Å²) in [5.41, 5.74) is 5.60. The summed E-state index contributed by atoms with van der Waals surface area (Å²) in [5, 5.41) is 8.60. The molecular formula is C23H24N6O. The molecule has 1 fully saturated rings. The molecule has 0 radical (unpaired) electrons. The zero-order chi connectivity index (χ0) is 20.7. The summed E-state index contributed by atoms with van der Waals surface area (Å²) in [5.74, 6) is 0.360. The smallest absolute Gasteiger partial charge is 0.274 e. The van der Waals surface area contributed by atoms with Crippen molar-refractivity contribution in [2.45, 2.75) is 26.8 Å². The minimum Gasteiger partial charge on any atom is -0.337 e. The number of carbonyl (C=O) groups is 1. The second-order valence-corrected chi connectivity index (χ2v) is 8.20. The van der Waals surface area contributed by atoms with E-state index in [1.54, 1.807) is 0 Å². The lowest BCUT2D eigenvalue weighted by Gasteiger charge is -2.15. The quantitative estimate of drug-likeness (QED) is 0.527. The van der Waals surface area contributed by atoms with Crippen molar-refractivity contribution in [2.75, 3.05) is 13.1 Å². The van der Waals surface area contributed by atoms with Gasteiger partial charge < -0.3 is 9.30 Å². The van der Waals surface area contributed by atoms with Gasteiger partial charge in [0.05, 0.1) is 6.20 Å². The van der Waals surface area contributed by atoms with Crippen LogP contribution in [0.15, 0.2) is 55.0 Å². The van der Waals surface area contributed by atoms with E-state index >= 15 is 0 Å². The van der Waals surface area contributed by atoms with Crippen LogP contribution in [0.25, 0.3) is 16.9 Å². The van der Waals surface area contributed by atoms with Gasteiger partial charge >= 0.3 is 0 Å². The average molecular weight is 400 g/mol. The number of amides is 1. The molecular weight excluding hydrogens is 376 g/mol. The lowest BCUT2D eigenvalue weighted by molar-refractivity contribution is 0.0780. The van der Waals surface area contributed by atoms with Crippen molar-refractivity contribution >= 4 is 11.6 Å². The zero-order valence-electron chi connectivity index (χ0n) is 17.2. The van der Waals surface area contributed by atoms with E-state index in [-0.39, 0.29) is 5.91 Å². The number of fused-ring (bicyclic) bond motifs is 1. The molecule has 0 aliphatic carbocycles. The Labute approximate surface area is 175 Å². The standard InChI is InChI=1S/C23H24N6O/c1-16-3-6-19(7-4-16)20-15-29(26-25-20)13-18-9-10-27(12-18)23(30)21-14-28-11-17(2)5-8-22(28)24-21/h3-8,11,14-15,18H,9-10,12-13H2,1-2H3. The monoisotopic (exact) mass is 400 g/mol. The van der Waals surface area contributed by atoms with Crippen molar-refractivity contribution in [3.05, 3.63) is 71.8 Å². The highest BCUT2D eigenvalue weighted by Crippen LogP contribution is 2.22. The van der Waals surface area contributed by atoms with Crippen LogP contribution in [-0.4, -0.2) is 48.3 Å². The Kier molecular flexibility index (Phi) is 4.58. The van der Waals surface area contributed by atoms with Crippen LogP contribution in [0, 0.1) is 19.8 Å². The minimum absolute atomic E-state index is 0.00205. The molecule has 0 saturated carbocycles. The number of pyridine rings is 1. The number of imidazole rings is 1. The molecule has 152 valence electrons. The molecule has 1 unspecified atom stereocenters. The predicted molar refractivity (Wildman–Crippen MR) is 114 cm³/mol. The van der Waals surface area contributed by atoms with Gasteiger partial charge in [0.15, 0.2) is 0 Å². The molecule has 1 atom stereocenters. The number of benzene rings is 1. The van der Waals surface area contributed by atoms with Crippen molar-refractivity contribution in [3.8, 4) is 11.3 Å². The summed E-state index contributed by atoms with van der Waals surface area (Å²) in [4.78, 5) is 19.3. The molecule has 5 rings (SSSR count). The molecule has 0 bridgehead atoms. The number of hydrogen-bond acceptors (Lipinski definition) is 4. The largest absolute Gasteiger partial charge is 0.337 e. The van der Waals surface area contributed by atoms with Gasteiger partial charge in [-0.25, -0.2) is 4.98 Å². The molecule has 1 aliphatic rings. The molecule has 7 heteroatoms. The van der Waals surface area contributed by atoms with Crippen LogP contribution in [0.4, 0.5) is 0 Å². The number of aryl methyl sites for hydroxylation is 2. The van der Waals surface area contributed by atoms with Crippen LogP contribution in [0.2, 0.25) is 0 Å². The van der Waals surface area contributed by atoms with Gasteiger partial charge in [0.1, 0.15) is 17.0 Å². The number of carbonyl (C=O) groups excluding carboxylic acids is 1. The topological polar surface area (TPSA) is 68.3 Å². The first-order valence-corrected chi connectivity index (χ1v) is 10.3. The average Bonchev–Trinajstić information content (AvgIpc) is 3.47. The van der Waals surface area contributed by atoms with Gasteiger partial charge in [-0.1, -0.05) is 41.1 Å². The summed E-state index contributed by atoms with van der Waals surface area (Å²) >= 11 is 0. The Morgan fingerprint density at radius 1 is 1.03 bits per heavy atom. The van der Waals surface area contributed by atoms with Crippen LogP contribution in [-0.2, 0) is 6.54 Å². The Hall–Kier alpha value is -3.48. The maximum atomic E-state index is 12.9. The molecule has 4 aromatic rings. The first-order chi connectivity index (χ1) is 14.5. The van der Waals surface area contributed by atoms with E-state index in [2.05, 4.69) is 46.5 Å². The Morgan fingerprint density at radius 3 is 2.67 bits per heavy atom. The lowest BCUT2D eigenvalue weighted by Crippen LogP contribution is -2.29. The van der Waals surface area contributed by atoms with E-state index in [1.807, 2.05) is 51.6 Å². The third kappa shape index (κ3) is 3.58. The molecule has 1 aromatic carbocycles. The van der Waals surface area contributed by atoms with Gasteiger partial charge in [0.2, 0.25) is 0 Å². The number of aromatic nitrogens is 5. The molecule has 1 saturated heterocycles. The third-order valence-corrected chi connectivity index (χ3v) is 5.72. The first kappa shape index (κ1) is 18.5. The Morgan fingerprint density at radius 2 is 1.83 bits per heavy atom. The summed E-state index contributed by atoms with van der Waals surface area (Å²) in [7, 11) is 0. The third-order valence-electron chi connectivity index (χ3n) is 5.72. The Bertz CT molecular complexity index is 1210. The second kappa shape index (κ2) is 7.40. The van der Waals surface area contributed by atoms with Crippen LogP contribution >= 0.6 is 0 Å². The SMILES string of the molecule is Cc1ccc(-c2cn(CC3CCN(C(=O)c4cn5cc(C)ccc5n4)C3)nn2)cc1. The van der Waals surface area contributed by atoms with Gasteiger partial charge in [-0.05, 0) is 37.8 Å². The van der Waals surface area contributed by atoms with Gasteiger partial charge in [0.25, 0.3) is 5.91 Å². The van der Waals surface area contributed by atoms with E-state index < -0.39 is 0 Å². The molecule has 0 spiro atoms. The molecule has 30 heavy (non-hydrogen) atoms. The molecule has 7 nitrogen and oxygen atoms in total. The normalized spacial score (nSPS) is 16.5. The zero-order valence-corrected chi connectivity index (χ0v) is 17.2. The van der Waals surface area contributed by atoms with Crippen LogP contribution in [0.3, 0.4) is 0 Å². The highest BCUT2D eigenvalue weighted by Gasteiger charge is 2.28. The van der Waals surface area contributed by atoms with Crippen molar-refractivity contribution in [1.82, 2.24) is 29.3 Å². The maximum Gasteiger partial charge on any atom is 0.274 e.